The Morgan fingerprint density at radius 2 is 1.77 bits per heavy atom. The third kappa shape index (κ3) is 4.03. The summed E-state index contributed by atoms with van der Waals surface area (Å²) in [6.45, 7) is 7.32. The van der Waals surface area contributed by atoms with Crippen molar-refractivity contribution in [1.29, 1.82) is 0 Å². The van der Waals surface area contributed by atoms with Crippen LogP contribution in [0.3, 0.4) is 0 Å². The normalized spacial score (nSPS) is 15.3. The molecule has 0 bridgehead atoms. The molecule has 1 fully saturated rings. The van der Waals surface area contributed by atoms with Crippen molar-refractivity contribution in [3.05, 3.63) is 47.3 Å². The highest BCUT2D eigenvalue weighted by Gasteiger charge is 2.26. The number of Topliss-reactive ketones (excluding diaryl/α,β-unsaturated/α-hetero) is 1. The van der Waals surface area contributed by atoms with E-state index in [4.69, 9.17) is 0 Å². The first-order valence-corrected chi connectivity index (χ1v) is 9.41. The smallest absolute Gasteiger partial charge is 0.222 e. The molecule has 5 nitrogen and oxygen atoms in total. The lowest BCUT2D eigenvalue weighted by atomic mass is 9.89. The number of nitrogens with zero attached hydrogens (tertiary/aromatic N) is 3. The predicted octanol–water partition coefficient (Wildman–Crippen LogP) is 3.25. The number of hydrogen-bond donors (Lipinski definition) is 0. The number of aromatic nitrogens is 2. The zero-order valence-corrected chi connectivity index (χ0v) is 15.9. The second kappa shape index (κ2) is 7.85. The number of aryl methyl sites for hydroxylation is 2. The molecule has 0 aliphatic carbocycles. The van der Waals surface area contributed by atoms with Crippen LogP contribution in [0.4, 0.5) is 0 Å². The van der Waals surface area contributed by atoms with Crippen LogP contribution in [-0.2, 0) is 16.0 Å². The molecule has 0 atom stereocenters. The fraction of sp³-hybridized carbons (Fsp3) is 0.476. The van der Waals surface area contributed by atoms with Crippen molar-refractivity contribution in [1.82, 2.24) is 14.7 Å². The Morgan fingerprint density at radius 1 is 1.12 bits per heavy atom. The van der Waals surface area contributed by atoms with Gasteiger partial charge in [-0.15, -0.1) is 0 Å². The zero-order valence-electron chi connectivity index (χ0n) is 15.9. The molecule has 1 aliphatic rings. The van der Waals surface area contributed by atoms with E-state index in [1.165, 1.54) is 0 Å². The zero-order chi connectivity index (χ0) is 18.7. The van der Waals surface area contributed by atoms with E-state index in [1.807, 2.05) is 60.7 Å². The molecule has 0 unspecified atom stereocenters. The van der Waals surface area contributed by atoms with E-state index in [0.717, 1.165) is 35.5 Å². The Bertz CT molecular complexity index is 784. The van der Waals surface area contributed by atoms with Crippen molar-refractivity contribution < 1.29 is 9.59 Å². The topological polar surface area (TPSA) is 55.2 Å². The molecule has 138 valence electrons. The molecular weight excluding hydrogens is 326 g/mol. The number of carbonyl (C=O) groups excluding carboxylic acids is 2. The molecule has 0 N–H and O–H groups in total. The van der Waals surface area contributed by atoms with E-state index < -0.39 is 0 Å². The minimum absolute atomic E-state index is 0.0755. The van der Waals surface area contributed by atoms with Gasteiger partial charge in [-0.2, -0.15) is 5.10 Å². The van der Waals surface area contributed by atoms with Crippen LogP contribution >= 0.6 is 0 Å². The molecule has 3 rings (SSSR count). The number of ketones is 1. The summed E-state index contributed by atoms with van der Waals surface area (Å²) in [7, 11) is 0. The summed E-state index contributed by atoms with van der Waals surface area (Å²) in [5.41, 5.74) is 4.14. The minimum Gasteiger partial charge on any atom is -0.343 e. The average Bonchev–Trinajstić information content (AvgIpc) is 3.00. The van der Waals surface area contributed by atoms with Gasteiger partial charge in [0.2, 0.25) is 5.91 Å². The van der Waals surface area contributed by atoms with Crippen molar-refractivity contribution >= 4 is 11.7 Å². The van der Waals surface area contributed by atoms with Gasteiger partial charge < -0.3 is 4.90 Å². The third-order valence-corrected chi connectivity index (χ3v) is 5.17. The van der Waals surface area contributed by atoms with Crippen LogP contribution in [0.15, 0.2) is 30.3 Å². The fourth-order valence-corrected chi connectivity index (χ4v) is 3.67. The highest BCUT2D eigenvalue weighted by molar-refractivity contribution is 5.84. The molecule has 1 aromatic heterocycles. The van der Waals surface area contributed by atoms with Gasteiger partial charge in [-0.3, -0.25) is 9.59 Å². The number of rotatable bonds is 5. The van der Waals surface area contributed by atoms with Crippen molar-refractivity contribution in [3.8, 4) is 5.69 Å². The summed E-state index contributed by atoms with van der Waals surface area (Å²) in [5, 5.41) is 4.49. The fourth-order valence-electron chi connectivity index (χ4n) is 3.67. The van der Waals surface area contributed by atoms with Gasteiger partial charge in [-0.05, 0) is 50.5 Å². The summed E-state index contributed by atoms with van der Waals surface area (Å²) < 4.78 is 1.92. The van der Waals surface area contributed by atoms with Gasteiger partial charge in [0.15, 0.2) is 0 Å². The molecular formula is C21H27N3O2. The maximum absolute atomic E-state index is 12.6. The van der Waals surface area contributed by atoms with E-state index >= 15 is 0 Å². The van der Waals surface area contributed by atoms with E-state index in [2.05, 4.69) is 5.10 Å². The second-order valence-electron chi connectivity index (χ2n) is 7.16. The SMILES string of the molecule is CCC(=O)N1CCC(C(=O)Cc2ccc(-n3nc(C)cc3C)cc2)CC1. The Kier molecular flexibility index (Phi) is 5.55. The molecule has 2 aromatic rings. The van der Waals surface area contributed by atoms with Crippen molar-refractivity contribution in [2.45, 2.75) is 46.5 Å². The highest BCUT2D eigenvalue weighted by Crippen LogP contribution is 2.21. The Labute approximate surface area is 155 Å². The van der Waals surface area contributed by atoms with Crippen LogP contribution < -0.4 is 0 Å². The Hall–Kier alpha value is -2.43. The standard InChI is InChI=1S/C21H27N3O2/c1-4-21(26)23-11-9-18(10-12-23)20(25)14-17-5-7-19(8-6-17)24-16(3)13-15(2)22-24/h5-8,13,18H,4,9-12,14H2,1-3H3. The van der Waals surface area contributed by atoms with Crippen LogP contribution in [0.1, 0.15) is 43.1 Å². The Morgan fingerprint density at radius 3 is 2.31 bits per heavy atom. The van der Waals surface area contributed by atoms with E-state index in [9.17, 15) is 9.59 Å². The maximum atomic E-state index is 12.6. The van der Waals surface area contributed by atoms with Crippen molar-refractivity contribution in [3.63, 3.8) is 0 Å². The molecule has 1 aliphatic heterocycles. The third-order valence-electron chi connectivity index (χ3n) is 5.17. The van der Waals surface area contributed by atoms with Gasteiger partial charge in [0, 0.05) is 37.5 Å². The van der Waals surface area contributed by atoms with Crippen LogP contribution in [0, 0.1) is 19.8 Å². The highest BCUT2D eigenvalue weighted by atomic mass is 16.2. The van der Waals surface area contributed by atoms with Gasteiger partial charge in [0.05, 0.1) is 11.4 Å². The lowest BCUT2D eigenvalue weighted by Gasteiger charge is -2.31. The van der Waals surface area contributed by atoms with E-state index in [1.54, 1.807) is 0 Å². The van der Waals surface area contributed by atoms with Crippen LogP contribution in [-0.4, -0.2) is 39.5 Å². The largest absolute Gasteiger partial charge is 0.343 e. The number of likely N-dealkylation sites (tertiary alicyclic amines) is 1. The number of piperidine rings is 1. The molecule has 2 heterocycles. The first kappa shape index (κ1) is 18.4. The van der Waals surface area contributed by atoms with Crippen LogP contribution in [0.25, 0.3) is 5.69 Å². The first-order chi connectivity index (χ1) is 12.5. The van der Waals surface area contributed by atoms with Gasteiger partial charge in [0.1, 0.15) is 5.78 Å². The lowest BCUT2D eigenvalue weighted by Crippen LogP contribution is -2.40. The molecule has 1 saturated heterocycles. The predicted molar refractivity (Wildman–Crippen MR) is 101 cm³/mol. The van der Waals surface area contributed by atoms with Crippen molar-refractivity contribution in [2.75, 3.05) is 13.1 Å². The summed E-state index contributed by atoms with van der Waals surface area (Å²) in [6, 6.07) is 10.1. The van der Waals surface area contributed by atoms with Gasteiger partial charge in [0.25, 0.3) is 0 Å². The lowest BCUT2D eigenvalue weighted by molar-refractivity contribution is -0.134. The van der Waals surface area contributed by atoms with E-state index in [-0.39, 0.29) is 17.6 Å². The molecule has 26 heavy (non-hydrogen) atoms. The number of carbonyl (C=O) groups is 2. The van der Waals surface area contributed by atoms with Gasteiger partial charge in [-0.25, -0.2) is 4.68 Å². The van der Waals surface area contributed by atoms with Crippen LogP contribution in [0.5, 0.6) is 0 Å². The van der Waals surface area contributed by atoms with Gasteiger partial charge >= 0.3 is 0 Å². The number of benzene rings is 1. The Balaban J connectivity index is 1.58. The number of amides is 1. The number of hydrogen-bond acceptors (Lipinski definition) is 3. The average molecular weight is 353 g/mol. The molecule has 1 amide bonds. The summed E-state index contributed by atoms with van der Waals surface area (Å²) in [5.74, 6) is 0.551. The molecule has 0 saturated carbocycles. The summed E-state index contributed by atoms with van der Waals surface area (Å²) >= 11 is 0. The summed E-state index contributed by atoms with van der Waals surface area (Å²) in [4.78, 5) is 26.2. The minimum atomic E-state index is 0.0755. The van der Waals surface area contributed by atoms with E-state index in [0.29, 0.717) is 25.9 Å². The van der Waals surface area contributed by atoms with Crippen molar-refractivity contribution in [2.24, 2.45) is 5.92 Å². The molecule has 0 radical (unpaired) electrons. The summed E-state index contributed by atoms with van der Waals surface area (Å²) in [6.07, 6.45) is 2.58. The first-order valence-electron chi connectivity index (χ1n) is 9.41. The second-order valence-corrected chi connectivity index (χ2v) is 7.16. The van der Waals surface area contributed by atoms with Gasteiger partial charge in [-0.1, -0.05) is 19.1 Å². The molecule has 0 spiro atoms. The van der Waals surface area contributed by atoms with Crippen LogP contribution in [0.2, 0.25) is 0 Å². The monoisotopic (exact) mass is 353 g/mol. The quantitative estimate of drug-likeness (QED) is 0.829. The maximum Gasteiger partial charge on any atom is 0.222 e. The molecule has 5 heteroatoms. The molecule has 1 aromatic carbocycles.